The molecule has 4 rings (SSSR count). The Morgan fingerprint density at radius 2 is 2.04 bits per heavy atom. The SMILES string of the molecule is CC(C)(C)OC(=O)N1Cc2ncnc(Oc3ccc4[nH]ccc4c3F)c2C1. The van der Waals surface area contributed by atoms with Crippen LogP contribution < -0.4 is 4.74 Å². The lowest BCUT2D eigenvalue weighted by molar-refractivity contribution is 0.0240. The van der Waals surface area contributed by atoms with Crippen molar-refractivity contribution in [3.05, 3.63) is 47.8 Å². The summed E-state index contributed by atoms with van der Waals surface area (Å²) in [6.45, 7) is 5.96. The van der Waals surface area contributed by atoms with Crippen LogP contribution in [-0.2, 0) is 17.8 Å². The molecule has 1 amide bonds. The van der Waals surface area contributed by atoms with Crippen molar-refractivity contribution >= 4 is 17.0 Å². The van der Waals surface area contributed by atoms with Gasteiger partial charge < -0.3 is 14.5 Å². The first-order chi connectivity index (χ1) is 12.8. The summed E-state index contributed by atoms with van der Waals surface area (Å²) >= 11 is 0. The highest BCUT2D eigenvalue weighted by Crippen LogP contribution is 2.34. The Bertz CT molecular complexity index is 1030. The summed E-state index contributed by atoms with van der Waals surface area (Å²) in [6, 6.07) is 4.93. The van der Waals surface area contributed by atoms with Gasteiger partial charge in [0.05, 0.1) is 24.3 Å². The Balaban J connectivity index is 1.59. The van der Waals surface area contributed by atoms with E-state index in [4.69, 9.17) is 9.47 Å². The molecule has 0 bridgehead atoms. The molecule has 0 radical (unpaired) electrons. The van der Waals surface area contributed by atoms with E-state index in [-0.39, 0.29) is 18.2 Å². The van der Waals surface area contributed by atoms with Gasteiger partial charge in [-0.3, -0.25) is 4.90 Å². The highest BCUT2D eigenvalue weighted by molar-refractivity contribution is 5.81. The standard InChI is InChI=1S/C19H19FN4O3/c1-19(2,3)27-18(25)24-8-12-14(9-24)22-10-23-17(12)26-15-5-4-13-11(16(15)20)6-7-21-13/h4-7,10,21H,8-9H2,1-3H3. The fraction of sp³-hybridized carbons (Fsp3) is 0.316. The minimum Gasteiger partial charge on any atom is -0.444 e. The Morgan fingerprint density at radius 1 is 1.22 bits per heavy atom. The van der Waals surface area contributed by atoms with Crippen molar-refractivity contribution in [1.82, 2.24) is 19.9 Å². The number of nitrogens with zero attached hydrogens (tertiary/aromatic N) is 3. The molecular formula is C19H19FN4O3. The number of ether oxygens (including phenoxy) is 2. The third-order valence-electron chi connectivity index (χ3n) is 4.18. The number of halogens is 1. The topological polar surface area (TPSA) is 80.3 Å². The van der Waals surface area contributed by atoms with Crippen LogP contribution in [0.3, 0.4) is 0 Å². The number of hydrogen-bond acceptors (Lipinski definition) is 5. The summed E-state index contributed by atoms with van der Waals surface area (Å²) < 4.78 is 25.8. The van der Waals surface area contributed by atoms with Crippen molar-refractivity contribution in [2.24, 2.45) is 0 Å². The van der Waals surface area contributed by atoms with E-state index in [1.165, 1.54) is 11.2 Å². The molecular weight excluding hydrogens is 351 g/mol. The minimum absolute atomic E-state index is 0.0683. The van der Waals surface area contributed by atoms with E-state index in [0.717, 1.165) is 0 Å². The van der Waals surface area contributed by atoms with Crippen LogP contribution in [0, 0.1) is 5.82 Å². The lowest BCUT2D eigenvalue weighted by atomic mass is 10.2. The molecule has 1 aliphatic rings. The predicted molar refractivity (Wildman–Crippen MR) is 95.8 cm³/mol. The van der Waals surface area contributed by atoms with Crippen molar-refractivity contribution in [1.29, 1.82) is 0 Å². The maximum Gasteiger partial charge on any atom is 0.410 e. The van der Waals surface area contributed by atoms with E-state index < -0.39 is 17.5 Å². The van der Waals surface area contributed by atoms with Crippen LogP contribution >= 0.6 is 0 Å². The summed E-state index contributed by atoms with van der Waals surface area (Å²) in [6.07, 6.45) is 2.57. The van der Waals surface area contributed by atoms with Gasteiger partial charge in [-0.25, -0.2) is 19.2 Å². The van der Waals surface area contributed by atoms with E-state index in [2.05, 4.69) is 15.0 Å². The summed E-state index contributed by atoms with van der Waals surface area (Å²) in [4.78, 5) is 25.1. The lowest BCUT2D eigenvalue weighted by Crippen LogP contribution is -2.33. The molecule has 1 aromatic carbocycles. The second-order valence-corrected chi connectivity index (χ2v) is 7.36. The van der Waals surface area contributed by atoms with E-state index >= 15 is 0 Å². The third kappa shape index (κ3) is 3.30. The molecule has 27 heavy (non-hydrogen) atoms. The quantitative estimate of drug-likeness (QED) is 0.733. The van der Waals surface area contributed by atoms with Gasteiger partial charge in [0, 0.05) is 17.1 Å². The summed E-state index contributed by atoms with van der Waals surface area (Å²) in [7, 11) is 0. The maximum atomic E-state index is 14.7. The number of fused-ring (bicyclic) bond motifs is 2. The number of carbonyl (C=O) groups excluding carboxylic acids is 1. The van der Waals surface area contributed by atoms with Crippen molar-refractivity contribution in [3.8, 4) is 11.6 Å². The van der Waals surface area contributed by atoms with Crippen molar-refractivity contribution in [3.63, 3.8) is 0 Å². The predicted octanol–water partition coefficient (Wildman–Crippen LogP) is 4.14. The molecule has 3 heterocycles. The summed E-state index contributed by atoms with van der Waals surface area (Å²) in [5.41, 5.74) is 1.40. The second-order valence-electron chi connectivity index (χ2n) is 7.36. The molecule has 7 nitrogen and oxygen atoms in total. The molecule has 0 unspecified atom stereocenters. The van der Waals surface area contributed by atoms with Gasteiger partial charge in [-0.15, -0.1) is 0 Å². The van der Waals surface area contributed by atoms with E-state index in [1.807, 2.05) is 20.8 Å². The number of carbonyl (C=O) groups is 1. The van der Waals surface area contributed by atoms with Crippen LogP contribution in [0.4, 0.5) is 9.18 Å². The number of aromatic nitrogens is 3. The molecule has 8 heteroatoms. The zero-order chi connectivity index (χ0) is 19.2. The van der Waals surface area contributed by atoms with Gasteiger partial charge in [-0.1, -0.05) is 0 Å². The van der Waals surface area contributed by atoms with Crippen molar-refractivity contribution < 1.29 is 18.7 Å². The molecule has 0 saturated heterocycles. The van der Waals surface area contributed by atoms with Gasteiger partial charge >= 0.3 is 6.09 Å². The Hall–Kier alpha value is -3.16. The van der Waals surface area contributed by atoms with Crippen LogP contribution in [-0.4, -0.2) is 31.5 Å². The Morgan fingerprint density at radius 3 is 2.81 bits per heavy atom. The van der Waals surface area contributed by atoms with Crippen LogP contribution in [0.15, 0.2) is 30.7 Å². The Kier molecular flexibility index (Phi) is 3.98. The van der Waals surface area contributed by atoms with Crippen LogP contribution in [0.2, 0.25) is 0 Å². The highest BCUT2D eigenvalue weighted by atomic mass is 19.1. The summed E-state index contributed by atoms with van der Waals surface area (Å²) in [5.74, 6) is -0.165. The molecule has 3 aromatic rings. The molecule has 0 spiro atoms. The van der Waals surface area contributed by atoms with Gasteiger partial charge in [0.15, 0.2) is 11.6 Å². The molecule has 1 aliphatic heterocycles. The molecule has 0 saturated carbocycles. The number of rotatable bonds is 2. The fourth-order valence-electron chi connectivity index (χ4n) is 2.96. The monoisotopic (exact) mass is 370 g/mol. The Labute approximate surface area is 155 Å². The van der Waals surface area contributed by atoms with Crippen molar-refractivity contribution in [2.75, 3.05) is 0 Å². The average molecular weight is 370 g/mol. The first kappa shape index (κ1) is 17.3. The number of amides is 1. The molecule has 0 atom stereocenters. The van der Waals surface area contributed by atoms with E-state index in [1.54, 1.807) is 24.4 Å². The number of aromatic amines is 1. The fourth-order valence-corrected chi connectivity index (χ4v) is 2.96. The zero-order valence-corrected chi connectivity index (χ0v) is 15.2. The molecule has 0 aliphatic carbocycles. The number of nitrogens with one attached hydrogen (secondary N) is 1. The first-order valence-electron chi connectivity index (χ1n) is 8.56. The van der Waals surface area contributed by atoms with Gasteiger partial charge in [0.1, 0.15) is 11.9 Å². The number of H-pyrrole nitrogens is 1. The third-order valence-corrected chi connectivity index (χ3v) is 4.18. The van der Waals surface area contributed by atoms with Gasteiger partial charge in [-0.2, -0.15) is 0 Å². The average Bonchev–Trinajstić information content (AvgIpc) is 3.23. The van der Waals surface area contributed by atoms with E-state index in [9.17, 15) is 9.18 Å². The van der Waals surface area contributed by atoms with E-state index in [0.29, 0.717) is 28.7 Å². The molecule has 140 valence electrons. The normalized spacial score (nSPS) is 13.7. The molecule has 2 aromatic heterocycles. The first-order valence-corrected chi connectivity index (χ1v) is 8.56. The number of benzene rings is 1. The molecule has 1 N–H and O–H groups in total. The molecule has 0 fully saturated rings. The minimum atomic E-state index is -0.591. The van der Waals surface area contributed by atoms with Crippen LogP contribution in [0.1, 0.15) is 32.0 Å². The zero-order valence-electron chi connectivity index (χ0n) is 15.2. The summed E-state index contributed by atoms with van der Waals surface area (Å²) in [5, 5.41) is 0.439. The van der Waals surface area contributed by atoms with Crippen LogP contribution in [0.25, 0.3) is 10.9 Å². The second kappa shape index (κ2) is 6.22. The lowest BCUT2D eigenvalue weighted by Gasteiger charge is -2.23. The van der Waals surface area contributed by atoms with Gasteiger partial charge in [0.25, 0.3) is 0 Å². The number of hydrogen-bond donors (Lipinski definition) is 1. The largest absolute Gasteiger partial charge is 0.444 e. The van der Waals surface area contributed by atoms with Gasteiger partial charge in [-0.05, 0) is 39.0 Å². The smallest absolute Gasteiger partial charge is 0.410 e. The maximum absolute atomic E-state index is 14.7. The van der Waals surface area contributed by atoms with Crippen molar-refractivity contribution in [2.45, 2.75) is 39.5 Å². The highest BCUT2D eigenvalue weighted by Gasteiger charge is 2.31. The van der Waals surface area contributed by atoms with Crippen LogP contribution in [0.5, 0.6) is 11.6 Å². The van der Waals surface area contributed by atoms with Gasteiger partial charge in [0.2, 0.25) is 5.88 Å².